The van der Waals surface area contributed by atoms with Crippen LogP contribution in [0.1, 0.15) is 42.7 Å². The summed E-state index contributed by atoms with van der Waals surface area (Å²) in [6, 6.07) is 12.0. The molecule has 0 saturated heterocycles. The number of nitrogens with zero attached hydrogens (tertiary/aromatic N) is 3. The van der Waals surface area contributed by atoms with Crippen molar-refractivity contribution in [1.29, 1.82) is 0 Å². The minimum Gasteiger partial charge on any atom is -0.349 e. The highest BCUT2D eigenvalue weighted by Gasteiger charge is 2.20. The summed E-state index contributed by atoms with van der Waals surface area (Å²) in [5.74, 6) is -0.0608. The molecule has 0 atom stereocenters. The minimum atomic E-state index is -0.0608. The van der Waals surface area contributed by atoms with Crippen molar-refractivity contribution < 1.29 is 4.79 Å². The van der Waals surface area contributed by atoms with Gasteiger partial charge in [-0.1, -0.05) is 44.2 Å². The first-order valence-electron chi connectivity index (χ1n) is 8.75. The molecule has 1 N–H and O–H groups in total. The number of amides is 1. The van der Waals surface area contributed by atoms with Gasteiger partial charge in [0.15, 0.2) is 5.65 Å². The highest BCUT2D eigenvalue weighted by Crippen LogP contribution is 2.26. The molecule has 5 heteroatoms. The first-order chi connectivity index (χ1) is 12.0. The Morgan fingerprint density at radius 1 is 1.20 bits per heavy atom. The average Bonchev–Trinajstić information content (AvgIpc) is 2.93. The van der Waals surface area contributed by atoms with Gasteiger partial charge in [0.05, 0.1) is 22.3 Å². The van der Waals surface area contributed by atoms with Gasteiger partial charge in [0.2, 0.25) is 0 Å². The average molecular weight is 336 g/mol. The molecule has 3 aromatic rings. The van der Waals surface area contributed by atoms with Crippen molar-refractivity contribution in [3.63, 3.8) is 0 Å². The van der Waals surface area contributed by atoms with Gasteiger partial charge in [-0.05, 0) is 25.8 Å². The SMILES string of the molecule is CCC(CC)NC(=O)c1cc(-c2ccccc2)nc2c1c(C)nn2C. The lowest BCUT2D eigenvalue weighted by Gasteiger charge is -2.16. The number of aromatic nitrogens is 3. The van der Waals surface area contributed by atoms with E-state index in [4.69, 9.17) is 4.98 Å². The van der Waals surface area contributed by atoms with Gasteiger partial charge < -0.3 is 5.32 Å². The molecule has 0 aliphatic carbocycles. The molecule has 130 valence electrons. The summed E-state index contributed by atoms with van der Waals surface area (Å²) in [6.07, 6.45) is 1.82. The standard InChI is InChI=1S/C20H24N4O/c1-5-15(6-2)21-20(25)16-12-17(14-10-8-7-9-11-14)22-19-18(16)13(3)23-24(19)4/h7-12,15H,5-6H2,1-4H3,(H,21,25). The normalized spacial score (nSPS) is 11.2. The van der Waals surface area contributed by atoms with E-state index >= 15 is 0 Å². The largest absolute Gasteiger partial charge is 0.349 e. The molecule has 0 saturated carbocycles. The second-order valence-corrected chi connectivity index (χ2v) is 6.32. The molecule has 25 heavy (non-hydrogen) atoms. The quantitative estimate of drug-likeness (QED) is 0.769. The lowest BCUT2D eigenvalue weighted by atomic mass is 10.0. The zero-order valence-electron chi connectivity index (χ0n) is 15.2. The smallest absolute Gasteiger partial charge is 0.252 e. The van der Waals surface area contributed by atoms with Crippen LogP contribution in [0.25, 0.3) is 22.3 Å². The summed E-state index contributed by atoms with van der Waals surface area (Å²) in [7, 11) is 1.86. The molecule has 0 aliphatic heterocycles. The van der Waals surface area contributed by atoms with Crippen molar-refractivity contribution in [2.24, 2.45) is 7.05 Å². The van der Waals surface area contributed by atoms with E-state index in [1.807, 2.05) is 50.4 Å². The Morgan fingerprint density at radius 2 is 1.88 bits per heavy atom. The second-order valence-electron chi connectivity index (χ2n) is 6.32. The van der Waals surface area contributed by atoms with Crippen LogP contribution in [-0.2, 0) is 7.05 Å². The molecule has 5 nitrogen and oxygen atoms in total. The Balaban J connectivity index is 2.17. The number of hydrogen-bond donors (Lipinski definition) is 1. The fourth-order valence-corrected chi connectivity index (χ4v) is 3.14. The van der Waals surface area contributed by atoms with Gasteiger partial charge in [0, 0.05) is 18.7 Å². The van der Waals surface area contributed by atoms with E-state index in [0.717, 1.165) is 40.8 Å². The molecule has 0 fully saturated rings. The first kappa shape index (κ1) is 17.1. The number of fused-ring (bicyclic) bond motifs is 1. The van der Waals surface area contributed by atoms with Gasteiger partial charge in [-0.15, -0.1) is 0 Å². The van der Waals surface area contributed by atoms with E-state index < -0.39 is 0 Å². The van der Waals surface area contributed by atoms with Crippen LogP contribution in [0, 0.1) is 6.92 Å². The van der Waals surface area contributed by atoms with Crippen molar-refractivity contribution >= 4 is 16.9 Å². The van der Waals surface area contributed by atoms with Gasteiger partial charge in [-0.2, -0.15) is 5.10 Å². The van der Waals surface area contributed by atoms with Crippen molar-refractivity contribution in [3.05, 3.63) is 47.7 Å². The van der Waals surface area contributed by atoms with Crippen molar-refractivity contribution in [2.45, 2.75) is 39.7 Å². The topological polar surface area (TPSA) is 59.8 Å². The maximum absolute atomic E-state index is 13.0. The van der Waals surface area contributed by atoms with Crippen molar-refractivity contribution in [2.75, 3.05) is 0 Å². The monoisotopic (exact) mass is 336 g/mol. The Kier molecular flexibility index (Phi) is 4.83. The summed E-state index contributed by atoms with van der Waals surface area (Å²) in [5.41, 5.74) is 3.96. The molecule has 3 rings (SSSR count). The van der Waals surface area contributed by atoms with Crippen LogP contribution in [0.3, 0.4) is 0 Å². The molecule has 0 bridgehead atoms. The summed E-state index contributed by atoms with van der Waals surface area (Å²) in [5, 5.41) is 8.42. The lowest BCUT2D eigenvalue weighted by Crippen LogP contribution is -2.34. The van der Waals surface area contributed by atoms with E-state index in [1.165, 1.54) is 0 Å². The number of aryl methyl sites for hydroxylation is 2. The van der Waals surface area contributed by atoms with E-state index in [1.54, 1.807) is 4.68 Å². The van der Waals surface area contributed by atoms with Gasteiger partial charge in [0.25, 0.3) is 5.91 Å². The molecule has 0 spiro atoms. The van der Waals surface area contributed by atoms with Crippen LogP contribution >= 0.6 is 0 Å². The Labute approximate surface area is 148 Å². The maximum Gasteiger partial charge on any atom is 0.252 e. The molecule has 1 amide bonds. The van der Waals surface area contributed by atoms with Crippen molar-refractivity contribution in [1.82, 2.24) is 20.1 Å². The number of benzene rings is 1. The molecule has 0 aliphatic rings. The zero-order valence-corrected chi connectivity index (χ0v) is 15.2. The number of pyridine rings is 1. The molecule has 0 unspecified atom stereocenters. The van der Waals surface area contributed by atoms with Crippen LogP contribution in [0.4, 0.5) is 0 Å². The van der Waals surface area contributed by atoms with E-state index in [9.17, 15) is 4.79 Å². The summed E-state index contributed by atoms with van der Waals surface area (Å²) < 4.78 is 1.74. The number of nitrogens with one attached hydrogen (secondary N) is 1. The van der Waals surface area contributed by atoms with Gasteiger partial charge in [-0.25, -0.2) is 4.98 Å². The van der Waals surface area contributed by atoms with Gasteiger partial charge in [-0.3, -0.25) is 9.48 Å². The van der Waals surface area contributed by atoms with Crippen LogP contribution in [0.2, 0.25) is 0 Å². The maximum atomic E-state index is 13.0. The molecular weight excluding hydrogens is 312 g/mol. The Morgan fingerprint density at radius 3 is 2.52 bits per heavy atom. The van der Waals surface area contributed by atoms with Crippen molar-refractivity contribution in [3.8, 4) is 11.3 Å². The fourth-order valence-electron chi connectivity index (χ4n) is 3.14. The first-order valence-corrected chi connectivity index (χ1v) is 8.75. The lowest BCUT2D eigenvalue weighted by molar-refractivity contribution is 0.0936. The third-order valence-corrected chi connectivity index (χ3v) is 4.60. The van der Waals surface area contributed by atoms with Gasteiger partial charge >= 0.3 is 0 Å². The predicted molar refractivity (Wildman–Crippen MR) is 101 cm³/mol. The second kappa shape index (κ2) is 7.05. The Bertz CT molecular complexity index is 895. The zero-order chi connectivity index (χ0) is 18.0. The Hall–Kier alpha value is -2.69. The predicted octanol–water partition coefficient (Wildman–Crippen LogP) is 3.86. The third kappa shape index (κ3) is 3.27. The van der Waals surface area contributed by atoms with Crippen LogP contribution in [-0.4, -0.2) is 26.7 Å². The van der Waals surface area contributed by atoms with Crippen LogP contribution in [0.15, 0.2) is 36.4 Å². The number of carbonyl (C=O) groups is 1. The number of rotatable bonds is 5. The van der Waals surface area contributed by atoms with E-state index in [0.29, 0.717) is 5.56 Å². The van der Waals surface area contributed by atoms with E-state index in [-0.39, 0.29) is 11.9 Å². The molecule has 1 aromatic carbocycles. The number of hydrogen-bond acceptors (Lipinski definition) is 3. The molecule has 2 aromatic heterocycles. The fraction of sp³-hybridized carbons (Fsp3) is 0.350. The summed E-state index contributed by atoms with van der Waals surface area (Å²) in [4.78, 5) is 17.7. The minimum absolute atomic E-state index is 0.0608. The highest BCUT2D eigenvalue weighted by atomic mass is 16.1. The summed E-state index contributed by atoms with van der Waals surface area (Å²) >= 11 is 0. The van der Waals surface area contributed by atoms with Crippen LogP contribution < -0.4 is 5.32 Å². The highest BCUT2D eigenvalue weighted by molar-refractivity contribution is 6.07. The molecule has 0 radical (unpaired) electrons. The molecule has 2 heterocycles. The third-order valence-electron chi connectivity index (χ3n) is 4.60. The molecular formula is C20H24N4O. The van der Waals surface area contributed by atoms with E-state index in [2.05, 4.69) is 24.3 Å². The summed E-state index contributed by atoms with van der Waals surface area (Å²) in [6.45, 7) is 6.09. The number of carbonyl (C=O) groups excluding carboxylic acids is 1. The van der Waals surface area contributed by atoms with Gasteiger partial charge in [0.1, 0.15) is 0 Å². The van der Waals surface area contributed by atoms with Crippen LogP contribution in [0.5, 0.6) is 0 Å².